The first kappa shape index (κ1) is 24.2. The second-order valence-electron chi connectivity index (χ2n) is 10.6. The van der Waals surface area contributed by atoms with Gasteiger partial charge in [-0.25, -0.2) is 9.97 Å². The zero-order valence-corrected chi connectivity index (χ0v) is 23.2. The number of pyridine rings is 2. The number of aryl methyl sites for hydroxylation is 2. The summed E-state index contributed by atoms with van der Waals surface area (Å²) < 4.78 is 4.19. The van der Waals surface area contributed by atoms with E-state index in [9.17, 15) is 0 Å². The van der Waals surface area contributed by atoms with Gasteiger partial charge in [-0.1, -0.05) is 66.7 Å². The fraction of sp³-hybridized carbons (Fsp3) is 0.0556. The average molecular weight is 543 g/mol. The summed E-state index contributed by atoms with van der Waals surface area (Å²) in [4.78, 5) is 19.2. The number of hydrogen-bond acceptors (Lipinski definition) is 4. The second kappa shape index (κ2) is 9.49. The standard InChI is InChI=1S/C36H26N6/c1-41-33-12-5-3-10-29(33)39-35(41)31-18-15-25(21-37-31)23-14-17-28-24(20-23)8-7-9-27(28)26-16-19-32(38-22-26)36-40-30-11-4-6-13-34(30)42(36)2/h3-22H,1-2H3. The zero-order chi connectivity index (χ0) is 28.2. The molecule has 8 rings (SSSR count). The van der Waals surface area contributed by atoms with Crippen LogP contribution < -0.4 is 0 Å². The fourth-order valence-corrected chi connectivity index (χ4v) is 5.85. The third-order valence-corrected chi connectivity index (χ3v) is 8.08. The molecular weight excluding hydrogens is 516 g/mol. The van der Waals surface area contributed by atoms with Crippen molar-refractivity contribution in [3.05, 3.63) is 122 Å². The third-order valence-electron chi connectivity index (χ3n) is 8.08. The van der Waals surface area contributed by atoms with Crippen molar-refractivity contribution in [1.29, 1.82) is 0 Å². The lowest BCUT2D eigenvalue weighted by molar-refractivity contribution is 0.950. The third kappa shape index (κ3) is 3.88. The molecule has 200 valence electrons. The summed E-state index contributed by atoms with van der Waals surface area (Å²) in [7, 11) is 4.07. The van der Waals surface area contributed by atoms with E-state index in [1.807, 2.05) is 62.9 Å². The van der Waals surface area contributed by atoms with Gasteiger partial charge in [0.2, 0.25) is 0 Å². The topological polar surface area (TPSA) is 61.4 Å². The summed E-state index contributed by atoms with van der Waals surface area (Å²) in [5.74, 6) is 1.72. The van der Waals surface area contributed by atoms with Crippen LogP contribution in [0.25, 0.3) is 78.1 Å². The Labute approximate surface area is 242 Å². The highest BCUT2D eigenvalue weighted by atomic mass is 15.1. The highest BCUT2D eigenvalue weighted by Crippen LogP contribution is 2.33. The van der Waals surface area contributed by atoms with Gasteiger partial charge >= 0.3 is 0 Å². The van der Waals surface area contributed by atoms with Crippen LogP contribution in [-0.2, 0) is 14.1 Å². The Morgan fingerprint density at radius 3 is 1.64 bits per heavy atom. The van der Waals surface area contributed by atoms with Crippen LogP contribution >= 0.6 is 0 Å². The molecule has 6 nitrogen and oxygen atoms in total. The molecule has 4 aromatic carbocycles. The number of aromatic nitrogens is 6. The minimum atomic E-state index is 0.856. The molecule has 0 fully saturated rings. The minimum Gasteiger partial charge on any atom is -0.326 e. The summed E-state index contributed by atoms with van der Waals surface area (Å²) in [5.41, 5.74) is 10.3. The van der Waals surface area contributed by atoms with Crippen molar-refractivity contribution in [3.8, 4) is 45.3 Å². The maximum absolute atomic E-state index is 4.81. The summed E-state index contributed by atoms with van der Waals surface area (Å²) in [6, 6.07) is 37.7. The van der Waals surface area contributed by atoms with E-state index in [1.54, 1.807) is 0 Å². The SMILES string of the molecule is Cn1c(-c2ccc(-c3ccc4c(-c5ccc(-c6nc7ccccc7n6C)nc5)cccc4c3)cn2)nc2ccccc21. The molecule has 0 N–H and O–H groups in total. The zero-order valence-electron chi connectivity index (χ0n) is 23.2. The molecule has 4 aromatic heterocycles. The van der Waals surface area contributed by atoms with Gasteiger partial charge < -0.3 is 9.13 Å². The summed E-state index contributed by atoms with van der Waals surface area (Å²) in [5, 5.41) is 2.35. The molecule has 0 spiro atoms. The number of imidazole rings is 2. The van der Waals surface area contributed by atoms with E-state index in [1.165, 1.54) is 10.8 Å². The first-order valence-corrected chi connectivity index (χ1v) is 13.9. The summed E-state index contributed by atoms with van der Waals surface area (Å²) >= 11 is 0. The normalized spacial score (nSPS) is 11.6. The van der Waals surface area contributed by atoms with Crippen molar-refractivity contribution in [1.82, 2.24) is 29.1 Å². The number of nitrogens with zero attached hydrogens (tertiary/aromatic N) is 6. The Kier molecular flexibility index (Phi) is 5.47. The van der Waals surface area contributed by atoms with E-state index in [2.05, 4.69) is 81.9 Å². The van der Waals surface area contributed by atoms with Crippen LogP contribution in [0.5, 0.6) is 0 Å². The maximum atomic E-state index is 4.81. The van der Waals surface area contributed by atoms with E-state index in [0.29, 0.717) is 0 Å². The predicted octanol–water partition coefficient (Wildman–Crippen LogP) is 8.07. The Morgan fingerprint density at radius 2 is 1.07 bits per heavy atom. The van der Waals surface area contributed by atoms with Crippen LogP contribution in [0.3, 0.4) is 0 Å². The van der Waals surface area contributed by atoms with Crippen LogP contribution in [0.2, 0.25) is 0 Å². The maximum Gasteiger partial charge on any atom is 0.159 e. The molecule has 0 aliphatic carbocycles. The smallest absolute Gasteiger partial charge is 0.159 e. The largest absolute Gasteiger partial charge is 0.326 e. The van der Waals surface area contributed by atoms with Gasteiger partial charge in [-0.05, 0) is 64.4 Å². The average Bonchev–Trinajstić information content (AvgIpc) is 3.57. The van der Waals surface area contributed by atoms with Crippen LogP contribution in [0.1, 0.15) is 0 Å². The molecule has 4 heterocycles. The monoisotopic (exact) mass is 542 g/mol. The molecule has 6 heteroatoms. The Morgan fingerprint density at radius 1 is 0.500 bits per heavy atom. The molecule has 0 aliphatic heterocycles. The van der Waals surface area contributed by atoms with Gasteiger partial charge in [0.05, 0.1) is 22.1 Å². The van der Waals surface area contributed by atoms with Gasteiger partial charge in [0.15, 0.2) is 11.6 Å². The van der Waals surface area contributed by atoms with Crippen molar-refractivity contribution in [3.63, 3.8) is 0 Å². The number of benzene rings is 4. The van der Waals surface area contributed by atoms with Crippen molar-refractivity contribution in [2.24, 2.45) is 14.1 Å². The van der Waals surface area contributed by atoms with Crippen LogP contribution in [0.15, 0.2) is 122 Å². The van der Waals surface area contributed by atoms with Crippen LogP contribution in [0.4, 0.5) is 0 Å². The summed E-state index contributed by atoms with van der Waals surface area (Å²) in [6.07, 6.45) is 3.88. The van der Waals surface area contributed by atoms with Gasteiger partial charge in [-0.3, -0.25) is 9.97 Å². The van der Waals surface area contributed by atoms with Crippen molar-refractivity contribution < 1.29 is 0 Å². The molecule has 0 aliphatic rings. The number of fused-ring (bicyclic) bond motifs is 3. The molecular formula is C36H26N6. The quantitative estimate of drug-likeness (QED) is 0.226. The molecule has 0 radical (unpaired) electrons. The van der Waals surface area contributed by atoms with Crippen molar-refractivity contribution in [2.75, 3.05) is 0 Å². The lowest BCUT2D eigenvalue weighted by Gasteiger charge is -2.10. The Hall–Kier alpha value is -5.62. The van der Waals surface area contributed by atoms with Gasteiger partial charge in [0.25, 0.3) is 0 Å². The second-order valence-corrected chi connectivity index (χ2v) is 10.6. The first-order valence-electron chi connectivity index (χ1n) is 13.9. The van der Waals surface area contributed by atoms with Crippen molar-refractivity contribution >= 4 is 32.8 Å². The van der Waals surface area contributed by atoms with Crippen LogP contribution in [-0.4, -0.2) is 29.1 Å². The Bertz CT molecular complexity index is 2260. The van der Waals surface area contributed by atoms with E-state index in [-0.39, 0.29) is 0 Å². The molecule has 0 saturated heterocycles. The molecule has 0 atom stereocenters. The molecule has 0 unspecified atom stereocenters. The van der Waals surface area contributed by atoms with Crippen LogP contribution in [0, 0.1) is 0 Å². The summed E-state index contributed by atoms with van der Waals surface area (Å²) in [6.45, 7) is 0. The molecule has 0 amide bonds. The number of para-hydroxylation sites is 4. The molecule has 42 heavy (non-hydrogen) atoms. The van der Waals surface area contributed by atoms with Crippen molar-refractivity contribution in [2.45, 2.75) is 0 Å². The molecule has 8 aromatic rings. The van der Waals surface area contributed by atoms with Gasteiger partial charge in [0, 0.05) is 37.6 Å². The molecule has 0 saturated carbocycles. The van der Waals surface area contributed by atoms with E-state index < -0.39 is 0 Å². The molecule has 0 bridgehead atoms. The highest BCUT2D eigenvalue weighted by molar-refractivity contribution is 5.98. The van der Waals surface area contributed by atoms with Gasteiger partial charge in [0.1, 0.15) is 11.4 Å². The minimum absolute atomic E-state index is 0.856. The van der Waals surface area contributed by atoms with E-state index in [0.717, 1.165) is 67.4 Å². The van der Waals surface area contributed by atoms with Gasteiger partial charge in [-0.2, -0.15) is 0 Å². The predicted molar refractivity (Wildman–Crippen MR) is 170 cm³/mol. The lowest BCUT2D eigenvalue weighted by Crippen LogP contribution is -1.95. The van der Waals surface area contributed by atoms with E-state index >= 15 is 0 Å². The Balaban J connectivity index is 1.11. The fourth-order valence-electron chi connectivity index (χ4n) is 5.85. The number of rotatable bonds is 4. The van der Waals surface area contributed by atoms with E-state index in [4.69, 9.17) is 19.9 Å². The lowest BCUT2D eigenvalue weighted by atomic mass is 9.96. The number of hydrogen-bond donors (Lipinski definition) is 0. The first-order chi connectivity index (χ1) is 20.6. The highest BCUT2D eigenvalue weighted by Gasteiger charge is 2.13. The van der Waals surface area contributed by atoms with Gasteiger partial charge in [-0.15, -0.1) is 0 Å².